The maximum atomic E-state index is 11.9. The third kappa shape index (κ3) is 3.98. The minimum absolute atomic E-state index is 0.0766. The molecule has 1 unspecified atom stereocenters. The van der Waals surface area contributed by atoms with Crippen molar-refractivity contribution in [2.45, 2.75) is 32.8 Å². The van der Waals surface area contributed by atoms with Crippen LogP contribution in [0.5, 0.6) is 0 Å². The summed E-state index contributed by atoms with van der Waals surface area (Å²) in [4.78, 5) is 11.9. The smallest absolute Gasteiger partial charge is 0.166 e. The SMILES string of the molecule is CCCC(=O)C(OCC)c1ccc(Cl)c(Cl)c1. The predicted molar refractivity (Wildman–Crippen MR) is 70.7 cm³/mol. The van der Waals surface area contributed by atoms with Gasteiger partial charge in [0.25, 0.3) is 0 Å². The molecule has 1 aromatic rings. The number of carbonyl (C=O) groups is 1. The van der Waals surface area contributed by atoms with Crippen LogP contribution < -0.4 is 0 Å². The van der Waals surface area contributed by atoms with Gasteiger partial charge >= 0.3 is 0 Å². The molecule has 0 fully saturated rings. The first kappa shape index (κ1) is 14.5. The van der Waals surface area contributed by atoms with Gasteiger partial charge in [-0.1, -0.05) is 36.2 Å². The zero-order chi connectivity index (χ0) is 12.8. The first-order valence-corrected chi connectivity index (χ1v) is 6.45. The number of Topliss-reactive ketones (excluding diaryl/α,β-unsaturated/α-hetero) is 1. The van der Waals surface area contributed by atoms with Crippen molar-refractivity contribution in [3.05, 3.63) is 33.8 Å². The summed E-state index contributed by atoms with van der Waals surface area (Å²) in [6, 6.07) is 5.16. The van der Waals surface area contributed by atoms with Gasteiger partial charge in [-0.3, -0.25) is 4.79 Å². The zero-order valence-corrected chi connectivity index (χ0v) is 11.5. The molecule has 4 heteroatoms. The van der Waals surface area contributed by atoms with Gasteiger partial charge in [0, 0.05) is 13.0 Å². The van der Waals surface area contributed by atoms with Gasteiger partial charge in [0.05, 0.1) is 10.0 Å². The Morgan fingerprint density at radius 3 is 2.53 bits per heavy atom. The average molecular weight is 275 g/mol. The van der Waals surface area contributed by atoms with Gasteiger partial charge in [0.1, 0.15) is 6.10 Å². The van der Waals surface area contributed by atoms with Crippen molar-refractivity contribution in [3.8, 4) is 0 Å². The fraction of sp³-hybridized carbons (Fsp3) is 0.462. The standard InChI is InChI=1S/C13H16Cl2O2/c1-3-5-12(16)13(17-4-2)9-6-7-10(14)11(15)8-9/h6-8,13H,3-5H2,1-2H3. The molecule has 0 amide bonds. The van der Waals surface area contributed by atoms with E-state index in [0.29, 0.717) is 23.1 Å². The lowest BCUT2D eigenvalue weighted by Crippen LogP contribution is -2.15. The molecule has 0 radical (unpaired) electrons. The first-order chi connectivity index (χ1) is 8.10. The molecule has 0 heterocycles. The number of hydrogen-bond donors (Lipinski definition) is 0. The molecule has 0 saturated heterocycles. The molecule has 0 aliphatic rings. The van der Waals surface area contributed by atoms with Crippen LogP contribution in [0.25, 0.3) is 0 Å². The first-order valence-electron chi connectivity index (χ1n) is 5.69. The minimum Gasteiger partial charge on any atom is -0.366 e. The van der Waals surface area contributed by atoms with Gasteiger partial charge in [-0.25, -0.2) is 0 Å². The Bertz CT molecular complexity index is 391. The molecule has 1 aromatic carbocycles. The van der Waals surface area contributed by atoms with Crippen molar-refractivity contribution in [1.82, 2.24) is 0 Å². The van der Waals surface area contributed by atoms with E-state index in [0.717, 1.165) is 12.0 Å². The maximum Gasteiger partial charge on any atom is 0.166 e. The molecule has 2 nitrogen and oxygen atoms in total. The number of carbonyl (C=O) groups excluding carboxylic acids is 1. The molecule has 0 saturated carbocycles. The number of ether oxygens (including phenoxy) is 1. The number of halogens is 2. The van der Waals surface area contributed by atoms with E-state index >= 15 is 0 Å². The predicted octanol–water partition coefficient (Wildman–Crippen LogP) is 4.44. The molecule has 0 bridgehead atoms. The summed E-state index contributed by atoms with van der Waals surface area (Å²) in [5, 5.41) is 0.923. The Hall–Kier alpha value is -0.570. The van der Waals surface area contributed by atoms with E-state index in [-0.39, 0.29) is 5.78 Å². The van der Waals surface area contributed by atoms with Crippen molar-refractivity contribution >= 4 is 29.0 Å². The fourth-order valence-electron chi connectivity index (χ4n) is 1.59. The molecular formula is C13H16Cl2O2. The highest BCUT2D eigenvalue weighted by Crippen LogP contribution is 2.28. The second-order valence-electron chi connectivity index (χ2n) is 3.73. The van der Waals surface area contributed by atoms with E-state index in [1.807, 2.05) is 13.8 Å². The fourth-order valence-corrected chi connectivity index (χ4v) is 1.90. The van der Waals surface area contributed by atoms with Crippen molar-refractivity contribution in [1.29, 1.82) is 0 Å². The van der Waals surface area contributed by atoms with E-state index in [1.165, 1.54) is 0 Å². The second-order valence-corrected chi connectivity index (χ2v) is 4.54. The van der Waals surface area contributed by atoms with Gasteiger partial charge in [-0.15, -0.1) is 0 Å². The number of hydrogen-bond acceptors (Lipinski definition) is 2. The lowest BCUT2D eigenvalue weighted by atomic mass is 10.0. The van der Waals surface area contributed by atoms with Crippen molar-refractivity contribution < 1.29 is 9.53 Å². The molecule has 1 rings (SSSR count). The van der Waals surface area contributed by atoms with Crippen LogP contribution in [0.3, 0.4) is 0 Å². The number of benzene rings is 1. The number of rotatable bonds is 6. The Labute approximate surface area is 112 Å². The number of ketones is 1. The van der Waals surface area contributed by atoms with Crippen LogP contribution in [-0.2, 0) is 9.53 Å². The summed E-state index contributed by atoms with van der Waals surface area (Å²) in [6.45, 7) is 4.32. The molecule has 0 aromatic heterocycles. The summed E-state index contributed by atoms with van der Waals surface area (Å²) >= 11 is 11.8. The van der Waals surface area contributed by atoms with Crippen LogP contribution in [0.4, 0.5) is 0 Å². The zero-order valence-electron chi connectivity index (χ0n) is 10.0. The topological polar surface area (TPSA) is 26.3 Å². The average Bonchev–Trinajstić information content (AvgIpc) is 2.30. The lowest BCUT2D eigenvalue weighted by Gasteiger charge is -2.16. The van der Waals surface area contributed by atoms with Gasteiger partial charge in [-0.2, -0.15) is 0 Å². The van der Waals surface area contributed by atoms with Crippen LogP contribution >= 0.6 is 23.2 Å². The van der Waals surface area contributed by atoms with Crippen LogP contribution in [0, 0.1) is 0 Å². The van der Waals surface area contributed by atoms with Crippen LogP contribution in [0.15, 0.2) is 18.2 Å². The third-order valence-corrected chi connectivity index (χ3v) is 3.11. The summed E-state index contributed by atoms with van der Waals surface area (Å²) in [7, 11) is 0. The minimum atomic E-state index is -0.533. The maximum absolute atomic E-state index is 11.9. The van der Waals surface area contributed by atoms with Gasteiger partial charge in [-0.05, 0) is 31.0 Å². The monoisotopic (exact) mass is 274 g/mol. The Kier molecular flexibility index (Phi) is 5.96. The van der Waals surface area contributed by atoms with Gasteiger partial charge in [0.2, 0.25) is 0 Å². The highest BCUT2D eigenvalue weighted by molar-refractivity contribution is 6.42. The van der Waals surface area contributed by atoms with E-state index in [4.69, 9.17) is 27.9 Å². The van der Waals surface area contributed by atoms with Crippen molar-refractivity contribution in [2.24, 2.45) is 0 Å². The van der Waals surface area contributed by atoms with Crippen LogP contribution in [-0.4, -0.2) is 12.4 Å². The summed E-state index contributed by atoms with van der Waals surface area (Å²) < 4.78 is 5.49. The van der Waals surface area contributed by atoms with E-state index in [2.05, 4.69) is 0 Å². The molecule has 1 atom stereocenters. The van der Waals surface area contributed by atoms with Gasteiger partial charge < -0.3 is 4.74 Å². The van der Waals surface area contributed by atoms with Crippen molar-refractivity contribution in [3.63, 3.8) is 0 Å². The molecule has 0 aliphatic carbocycles. The molecule has 0 aliphatic heterocycles. The van der Waals surface area contributed by atoms with Crippen LogP contribution in [0.1, 0.15) is 38.4 Å². The molecular weight excluding hydrogens is 259 g/mol. The summed E-state index contributed by atoms with van der Waals surface area (Å²) in [5.41, 5.74) is 0.764. The normalized spacial score (nSPS) is 12.5. The Morgan fingerprint density at radius 2 is 2.00 bits per heavy atom. The largest absolute Gasteiger partial charge is 0.366 e. The lowest BCUT2D eigenvalue weighted by molar-refractivity contribution is -0.130. The Morgan fingerprint density at radius 1 is 1.29 bits per heavy atom. The third-order valence-electron chi connectivity index (χ3n) is 2.37. The molecule has 17 heavy (non-hydrogen) atoms. The quantitative estimate of drug-likeness (QED) is 0.767. The van der Waals surface area contributed by atoms with Crippen molar-refractivity contribution in [2.75, 3.05) is 6.61 Å². The van der Waals surface area contributed by atoms with Gasteiger partial charge in [0.15, 0.2) is 5.78 Å². The second kappa shape index (κ2) is 7.00. The van der Waals surface area contributed by atoms with E-state index in [9.17, 15) is 4.79 Å². The van der Waals surface area contributed by atoms with E-state index in [1.54, 1.807) is 18.2 Å². The molecule has 0 N–H and O–H groups in total. The molecule has 0 spiro atoms. The van der Waals surface area contributed by atoms with Crippen LogP contribution in [0.2, 0.25) is 10.0 Å². The van der Waals surface area contributed by atoms with E-state index < -0.39 is 6.10 Å². The highest BCUT2D eigenvalue weighted by atomic mass is 35.5. The highest BCUT2D eigenvalue weighted by Gasteiger charge is 2.20. The summed E-state index contributed by atoms with van der Waals surface area (Å²) in [5.74, 6) is 0.0766. The Balaban J connectivity index is 2.96. The molecule has 94 valence electrons. The summed E-state index contributed by atoms with van der Waals surface area (Å²) in [6.07, 6.45) is 0.781.